The molecule has 0 atom stereocenters. The van der Waals surface area contributed by atoms with Crippen molar-refractivity contribution in [3.05, 3.63) is 65.2 Å². The quantitative estimate of drug-likeness (QED) is 0.518. The van der Waals surface area contributed by atoms with Crippen LogP contribution < -0.4 is 11.1 Å². The van der Waals surface area contributed by atoms with Gasteiger partial charge in [-0.3, -0.25) is 4.99 Å². The van der Waals surface area contributed by atoms with E-state index < -0.39 is 11.7 Å². The molecule has 0 saturated carbocycles. The first-order chi connectivity index (χ1) is 10.4. The van der Waals surface area contributed by atoms with E-state index in [9.17, 15) is 13.2 Å². The second-order valence-electron chi connectivity index (χ2n) is 4.67. The molecule has 2 aromatic carbocycles. The molecule has 0 unspecified atom stereocenters. The van der Waals surface area contributed by atoms with Crippen molar-refractivity contribution in [3.63, 3.8) is 0 Å². The summed E-state index contributed by atoms with van der Waals surface area (Å²) in [5, 5.41) is 2.93. The zero-order valence-corrected chi connectivity index (χ0v) is 12.0. The number of anilines is 1. The zero-order valence-electron chi connectivity index (χ0n) is 12.0. The predicted octanol–water partition coefficient (Wildman–Crippen LogP) is 3.45. The highest BCUT2D eigenvalue weighted by molar-refractivity contribution is 6.02. The van der Waals surface area contributed by atoms with Crippen LogP contribution in [0.15, 0.2) is 53.5 Å². The highest BCUT2D eigenvalue weighted by Gasteiger charge is 2.32. The van der Waals surface area contributed by atoms with Gasteiger partial charge in [0, 0.05) is 24.8 Å². The number of nitrogens with two attached hydrogens (primary N) is 1. The van der Waals surface area contributed by atoms with E-state index in [2.05, 4.69) is 10.3 Å². The van der Waals surface area contributed by atoms with Crippen molar-refractivity contribution in [2.24, 2.45) is 4.99 Å². The summed E-state index contributed by atoms with van der Waals surface area (Å²) in [6.45, 7) is 0.0106. The number of nitrogens with zero attached hydrogens (tertiary/aromatic N) is 1. The van der Waals surface area contributed by atoms with Gasteiger partial charge >= 0.3 is 6.18 Å². The van der Waals surface area contributed by atoms with Gasteiger partial charge in [-0.15, -0.1) is 0 Å². The monoisotopic (exact) mass is 307 g/mol. The zero-order chi connectivity index (χ0) is 16.2. The van der Waals surface area contributed by atoms with Crippen LogP contribution in [0.3, 0.4) is 0 Å². The number of hydrogen-bond donors (Lipinski definition) is 2. The molecule has 0 bridgehead atoms. The van der Waals surface area contributed by atoms with Crippen molar-refractivity contribution < 1.29 is 13.2 Å². The molecule has 0 aromatic heterocycles. The van der Waals surface area contributed by atoms with Crippen LogP contribution in [0.4, 0.5) is 18.9 Å². The first-order valence-electron chi connectivity index (χ1n) is 6.64. The average Bonchev–Trinajstić information content (AvgIpc) is 2.49. The van der Waals surface area contributed by atoms with E-state index in [0.29, 0.717) is 17.1 Å². The summed E-state index contributed by atoms with van der Waals surface area (Å²) >= 11 is 0. The Bertz CT molecular complexity index is 678. The van der Waals surface area contributed by atoms with Gasteiger partial charge in [-0.05, 0) is 23.8 Å². The topological polar surface area (TPSA) is 50.4 Å². The third-order valence-electron chi connectivity index (χ3n) is 3.21. The van der Waals surface area contributed by atoms with Crippen LogP contribution in [-0.4, -0.2) is 12.9 Å². The van der Waals surface area contributed by atoms with Crippen molar-refractivity contribution in [2.45, 2.75) is 12.7 Å². The Morgan fingerprint density at radius 1 is 1.09 bits per heavy atom. The number of nitrogens with one attached hydrogen (secondary N) is 1. The lowest BCUT2D eigenvalue weighted by atomic mass is 10.1. The molecule has 0 aliphatic rings. The number of aliphatic imine (C=N–C) groups is 1. The molecule has 2 rings (SSSR count). The number of alkyl halides is 3. The Balaban J connectivity index is 2.21. The van der Waals surface area contributed by atoms with Gasteiger partial charge in [0.25, 0.3) is 0 Å². The van der Waals surface area contributed by atoms with E-state index in [1.807, 2.05) is 0 Å². The molecule has 116 valence electrons. The van der Waals surface area contributed by atoms with Crippen molar-refractivity contribution in [2.75, 3.05) is 12.8 Å². The van der Waals surface area contributed by atoms with Crippen LogP contribution in [0.2, 0.25) is 0 Å². The Morgan fingerprint density at radius 2 is 1.73 bits per heavy atom. The molecule has 3 N–H and O–H groups in total. The fourth-order valence-electron chi connectivity index (χ4n) is 2.14. The van der Waals surface area contributed by atoms with E-state index in [1.54, 1.807) is 37.4 Å². The smallest absolute Gasteiger partial charge is 0.398 e. The normalized spacial score (nSPS) is 12.3. The lowest BCUT2D eigenvalue weighted by molar-refractivity contribution is -0.138. The number of halogens is 3. The average molecular weight is 307 g/mol. The summed E-state index contributed by atoms with van der Waals surface area (Å²) in [5.74, 6) is 0.454. The number of benzene rings is 2. The molecule has 0 amide bonds. The molecule has 22 heavy (non-hydrogen) atoms. The van der Waals surface area contributed by atoms with Crippen LogP contribution in [0, 0.1) is 0 Å². The highest BCUT2D eigenvalue weighted by Crippen LogP contribution is 2.31. The molecule has 3 nitrogen and oxygen atoms in total. The van der Waals surface area contributed by atoms with Gasteiger partial charge in [0.15, 0.2) is 0 Å². The molecular formula is C16H16F3N3. The van der Waals surface area contributed by atoms with Gasteiger partial charge in [-0.25, -0.2) is 0 Å². The maximum Gasteiger partial charge on any atom is 0.416 e. The minimum absolute atomic E-state index is 0.0106. The van der Waals surface area contributed by atoms with Crippen molar-refractivity contribution >= 4 is 11.5 Å². The SMILES string of the molecule is CN=C(NCc1ccccc1C(F)(F)F)c1ccccc1N. The predicted molar refractivity (Wildman–Crippen MR) is 81.6 cm³/mol. The first kappa shape index (κ1) is 15.9. The largest absolute Gasteiger partial charge is 0.416 e. The van der Waals surface area contributed by atoms with E-state index in [4.69, 9.17) is 5.73 Å². The maximum atomic E-state index is 13.0. The van der Waals surface area contributed by atoms with Gasteiger partial charge in [0.05, 0.1) is 5.56 Å². The van der Waals surface area contributed by atoms with Crippen LogP contribution in [0.1, 0.15) is 16.7 Å². The molecular weight excluding hydrogens is 291 g/mol. The van der Waals surface area contributed by atoms with Gasteiger partial charge in [-0.1, -0.05) is 30.3 Å². The Kier molecular flexibility index (Phi) is 4.70. The van der Waals surface area contributed by atoms with Gasteiger partial charge in [0.2, 0.25) is 0 Å². The van der Waals surface area contributed by atoms with Crippen molar-refractivity contribution in [3.8, 4) is 0 Å². The number of para-hydroxylation sites is 1. The summed E-state index contributed by atoms with van der Waals surface area (Å²) in [4.78, 5) is 4.07. The number of nitrogen functional groups attached to an aromatic ring is 1. The molecule has 0 aliphatic carbocycles. The molecule has 2 aromatic rings. The lowest BCUT2D eigenvalue weighted by Crippen LogP contribution is -2.26. The second kappa shape index (κ2) is 6.51. The van der Waals surface area contributed by atoms with Crippen LogP contribution >= 0.6 is 0 Å². The summed E-state index contributed by atoms with van der Waals surface area (Å²) in [6, 6.07) is 12.5. The second-order valence-corrected chi connectivity index (χ2v) is 4.67. The van der Waals surface area contributed by atoms with E-state index >= 15 is 0 Å². The number of amidine groups is 1. The molecule has 0 saturated heterocycles. The maximum absolute atomic E-state index is 13.0. The molecule has 0 spiro atoms. The molecule has 6 heteroatoms. The summed E-state index contributed by atoms with van der Waals surface area (Å²) in [6.07, 6.45) is -4.38. The minimum Gasteiger partial charge on any atom is -0.398 e. The number of rotatable bonds is 3. The van der Waals surface area contributed by atoms with Crippen LogP contribution in [-0.2, 0) is 12.7 Å². The minimum atomic E-state index is -4.38. The molecule has 0 fully saturated rings. The van der Waals surface area contributed by atoms with E-state index in [-0.39, 0.29) is 12.1 Å². The summed E-state index contributed by atoms with van der Waals surface area (Å²) in [7, 11) is 1.56. The van der Waals surface area contributed by atoms with Crippen LogP contribution in [0.25, 0.3) is 0 Å². The van der Waals surface area contributed by atoms with Crippen LogP contribution in [0.5, 0.6) is 0 Å². The van der Waals surface area contributed by atoms with Gasteiger partial charge in [-0.2, -0.15) is 13.2 Å². The third-order valence-corrected chi connectivity index (χ3v) is 3.21. The summed E-state index contributed by atoms with van der Waals surface area (Å²) in [5.41, 5.74) is 6.54. The standard InChI is InChI=1S/C16H16F3N3/c1-21-15(12-7-3-5-9-14(12)20)22-10-11-6-2-4-8-13(11)16(17,18)19/h2-9H,10,20H2,1H3,(H,21,22). The fraction of sp³-hybridized carbons (Fsp3) is 0.188. The Morgan fingerprint density at radius 3 is 2.36 bits per heavy atom. The summed E-state index contributed by atoms with van der Waals surface area (Å²) < 4.78 is 38.9. The lowest BCUT2D eigenvalue weighted by Gasteiger charge is -2.15. The van der Waals surface area contributed by atoms with Gasteiger partial charge < -0.3 is 11.1 Å². The highest BCUT2D eigenvalue weighted by atomic mass is 19.4. The third kappa shape index (κ3) is 3.58. The van der Waals surface area contributed by atoms with E-state index in [0.717, 1.165) is 6.07 Å². The van der Waals surface area contributed by atoms with Crippen molar-refractivity contribution in [1.29, 1.82) is 0 Å². The fourth-order valence-corrected chi connectivity index (χ4v) is 2.14. The Labute approximate surface area is 126 Å². The van der Waals surface area contributed by atoms with E-state index in [1.165, 1.54) is 12.1 Å². The first-order valence-corrected chi connectivity index (χ1v) is 6.64. The Hall–Kier alpha value is -2.50. The molecule has 0 aliphatic heterocycles. The number of hydrogen-bond acceptors (Lipinski definition) is 2. The molecule has 0 radical (unpaired) electrons. The van der Waals surface area contributed by atoms with Gasteiger partial charge in [0.1, 0.15) is 5.84 Å². The van der Waals surface area contributed by atoms with Crippen molar-refractivity contribution in [1.82, 2.24) is 5.32 Å². The molecule has 0 heterocycles.